The number of nitrogens with one attached hydrogen (secondary N) is 3. The number of carbonyl (C=O) groups is 1. The second-order valence-corrected chi connectivity index (χ2v) is 8.34. The maximum absolute atomic E-state index is 13.6. The van der Waals surface area contributed by atoms with Gasteiger partial charge in [-0.05, 0) is 80.1 Å². The van der Waals surface area contributed by atoms with Crippen molar-refractivity contribution in [2.45, 2.75) is 32.9 Å². The Morgan fingerprint density at radius 2 is 1.83 bits per heavy atom. The summed E-state index contributed by atoms with van der Waals surface area (Å²) in [5, 5.41) is 19.0. The number of aromatic nitrogens is 3. The third kappa shape index (κ3) is 5.54. The monoisotopic (exact) mass is 487 g/mol. The average Bonchev–Trinajstić information content (AvgIpc) is 3.26. The zero-order valence-corrected chi connectivity index (χ0v) is 20.4. The second-order valence-electron chi connectivity index (χ2n) is 8.34. The van der Waals surface area contributed by atoms with Crippen LogP contribution in [0.5, 0.6) is 11.5 Å². The van der Waals surface area contributed by atoms with E-state index >= 15 is 0 Å². The molecule has 0 radical (unpaired) electrons. The van der Waals surface area contributed by atoms with Gasteiger partial charge in [0.1, 0.15) is 22.9 Å². The van der Waals surface area contributed by atoms with Crippen molar-refractivity contribution in [1.29, 1.82) is 5.41 Å². The number of fused-ring (bicyclic) bond motifs is 1. The summed E-state index contributed by atoms with van der Waals surface area (Å²) in [6.07, 6.45) is -0.0346. The van der Waals surface area contributed by atoms with E-state index in [0.717, 1.165) is 0 Å². The van der Waals surface area contributed by atoms with Crippen molar-refractivity contribution in [1.82, 2.24) is 15.1 Å². The first-order chi connectivity index (χ1) is 17.4. The molecule has 10 heteroatoms. The number of carbonyl (C=O) groups excluding carboxylic acids is 1. The van der Waals surface area contributed by atoms with Crippen LogP contribution in [0.3, 0.4) is 0 Å². The average molecular weight is 488 g/mol. The summed E-state index contributed by atoms with van der Waals surface area (Å²) in [5.41, 5.74) is 11.7. The number of ether oxygens (including phenoxy) is 2. The Kier molecular flexibility index (Phi) is 7.33. The van der Waals surface area contributed by atoms with Crippen LogP contribution in [0.1, 0.15) is 37.9 Å². The van der Waals surface area contributed by atoms with Crippen molar-refractivity contribution in [3.05, 3.63) is 77.9 Å². The number of anilines is 1. The number of para-hydroxylation sites is 1. The molecule has 186 valence electrons. The number of hydrogen-bond donors (Lipinski definition) is 4. The van der Waals surface area contributed by atoms with Gasteiger partial charge in [-0.3, -0.25) is 10.2 Å². The fourth-order valence-electron chi connectivity index (χ4n) is 3.66. The Hall–Kier alpha value is -4.60. The molecule has 1 unspecified atom stereocenters. The van der Waals surface area contributed by atoms with Gasteiger partial charge >= 0.3 is 0 Å². The molecule has 1 heterocycles. The molecule has 1 atom stereocenters. The Labute approximate surface area is 208 Å². The number of benzene rings is 3. The van der Waals surface area contributed by atoms with Crippen molar-refractivity contribution >= 4 is 28.5 Å². The van der Waals surface area contributed by atoms with Crippen LogP contribution in [0.4, 0.5) is 5.69 Å². The Balaban J connectivity index is 1.69. The fraction of sp³-hybridized carbons (Fsp3) is 0.231. The molecule has 0 aliphatic carbocycles. The lowest BCUT2D eigenvalue weighted by molar-refractivity contribution is -0.118. The van der Waals surface area contributed by atoms with E-state index < -0.39 is 6.04 Å². The first-order valence-electron chi connectivity index (χ1n) is 11.6. The highest BCUT2D eigenvalue weighted by Crippen LogP contribution is 2.33. The van der Waals surface area contributed by atoms with Gasteiger partial charge in [0.2, 0.25) is 0 Å². The van der Waals surface area contributed by atoms with E-state index in [0.29, 0.717) is 46.0 Å². The van der Waals surface area contributed by atoms with E-state index in [9.17, 15) is 4.79 Å². The molecule has 0 fully saturated rings. The molecule has 5 N–H and O–H groups in total. The Morgan fingerprint density at radius 1 is 1.08 bits per heavy atom. The first-order valence-corrected chi connectivity index (χ1v) is 11.6. The van der Waals surface area contributed by atoms with Crippen LogP contribution in [0.2, 0.25) is 0 Å². The van der Waals surface area contributed by atoms with E-state index in [1.807, 2.05) is 51.1 Å². The minimum absolute atomic E-state index is 0.0315. The summed E-state index contributed by atoms with van der Waals surface area (Å²) in [6.45, 7) is 6.21. The molecule has 0 saturated heterocycles. The fourth-order valence-corrected chi connectivity index (χ4v) is 3.66. The van der Waals surface area contributed by atoms with E-state index in [4.69, 9.17) is 20.6 Å². The molecule has 0 aliphatic rings. The second kappa shape index (κ2) is 10.8. The SMILES string of the molecule is CCOc1cc(C(Nc2ccc(C(=N)N)cc2)C(=O)Nn2nnc3ccccc32)ccc1OC(C)C. The zero-order chi connectivity index (χ0) is 25.7. The van der Waals surface area contributed by atoms with Gasteiger partial charge in [-0.25, -0.2) is 5.43 Å². The highest BCUT2D eigenvalue weighted by molar-refractivity contribution is 5.96. The highest BCUT2D eigenvalue weighted by Gasteiger charge is 2.24. The maximum Gasteiger partial charge on any atom is 0.267 e. The largest absolute Gasteiger partial charge is 0.490 e. The summed E-state index contributed by atoms with van der Waals surface area (Å²) in [6, 6.07) is 18.9. The lowest BCUT2D eigenvalue weighted by Gasteiger charge is -2.22. The lowest BCUT2D eigenvalue weighted by atomic mass is 10.0. The third-order valence-corrected chi connectivity index (χ3v) is 5.30. The van der Waals surface area contributed by atoms with Crippen molar-refractivity contribution < 1.29 is 14.3 Å². The van der Waals surface area contributed by atoms with Crippen molar-refractivity contribution in [2.24, 2.45) is 5.73 Å². The molecular weight excluding hydrogens is 458 g/mol. The van der Waals surface area contributed by atoms with Gasteiger partial charge in [-0.2, -0.15) is 4.79 Å². The topological polar surface area (TPSA) is 140 Å². The number of nitrogens with zero attached hydrogens (tertiary/aromatic N) is 3. The first kappa shape index (κ1) is 24.5. The van der Waals surface area contributed by atoms with Crippen molar-refractivity contribution in [2.75, 3.05) is 17.3 Å². The minimum Gasteiger partial charge on any atom is -0.490 e. The molecule has 36 heavy (non-hydrogen) atoms. The summed E-state index contributed by atoms with van der Waals surface area (Å²) >= 11 is 0. The summed E-state index contributed by atoms with van der Waals surface area (Å²) in [7, 11) is 0. The maximum atomic E-state index is 13.6. The van der Waals surface area contributed by atoms with Crippen LogP contribution in [-0.4, -0.2) is 39.6 Å². The van der Waals surface area contributed by atoms with Gasteiger partial charge in [0.05, 0.1) is 12.7 Å². The van der Waals surface area contributed by atoms with Gasteiger partial charge in [0, 0.05) is 11.3 Å². The number of hydrogen-bond acceptors (Lipinski definition) is 7. The van der Waals surface area contributed by atoms with Crippen LogP contribution in [0.15, 0.2) is 66.7 Å². The predicted octanol–water partition coefficient (Wildman–Crippen LogP) is 3.82. The molecule has 4 rings (SSSR count). The Bertz CT molecular complexity index is 1370. The van der Waals surface area contributed by atoms with Gasteiger partial charge < -0.3 is 20.5 Å². The predicted molar refractivity (Wildman–Crippen MR) is 139 cm³/mol. The molecule has 0 aliphatic heterocycles. The minimum atomic E-state index is -0.816. The molecule has 0 spiro atoms. The number of nitrogens with two attached hydrogens (primary N) is 1. The summed E-state index contributed by atoms with van der Waals surface area (Å²) in [5.74, 6) is 0.751. The van der Waals surface area contributed by atoms with Gasteiger partial charge in [0.15, 0.2) is 11.5 Å². The molecule has 0 bridgehead atoms. The number of rotatable bonds is 10. The van der Waals surface area contributed by atoms with Crippen molar-refractivity contribution in [3.63, 3.8) is 0 Å². The smallest absolute Gasteiger partial charge is 0.267 e. The van der Waals surface area contributed by atoms with Crippen LogP contribution >= 0.6 is 0 Å². The molecule has 1 aromatic heterocycles. The van der Waals surface area contributed by atoms with Crippen LogP contribution < -0.4 is 25.9 Å². The normalized spacial score (nSPS) is 11.8. The van der Waals surface area contributed by atoms with Crippen LogP contribution in [0, 0.1) is 5.41 Å². The van der Waals surface area contributed by atoms with Crippen LogP contribution in [0.25, 0.3) is 11.0 Å². The molecule has 1 amide bonds. The molecule has 10 nitrogen and oxygen atoms in total. The third-order valence-electron chi connectivity index (χ3n) is 5.30. The van der Waals surface area contributed by atoms with Gasteiger partial charge in [0.25, 0.3) is 5.91 Å². The van der Waals surface area contributed by atoms with E-state index in [1.165, 1.54) is 4.79 Å². The van der Waals surface area contributed by atoms with E-state index in [1.54, 1.807) is 36.4 Å². The lowest BCUT2D eigenvalue weighted by Crippen LogP contribution is -2.33. The number of amidine groups is 1. The zero-order valence-electron chi connectivity index (χ0n) is 20.4. The number of amides is 1. The molecule has 0 saturated carbocycles. The van der Waals surface area contributed by atoms with Crippen LogP contribution in [-0.2, 0) is 4.79 Å². The highest BCUT2D eigenvalue weighted by atomic mass is 16.5. The van der Waals surface area contributed by atoms with Gasteiger partial charge in [-0.1, -0.05) is 18.2 Å². The number of nitrogen functional groups attached to an aromatic ring is 1. The summed E-state index contributed by atoms with van der Waals surface area (Å²) < 4.78 is 11.7. The van der Waals surface area contributed by atoms with E-state index in [-0.39, 0.29) is 17.8 Å². The molecular formula is C26H29N7O3. The van der Waals surface area contributed by atoms with Crippen molar-refractivity contribution in [3.8, 4) is 11.5 Å². The molecule has 3 aromatic carbocycles. The summed E-state index contributed by atoms with van der Waals surface area (Å²) in [4.78, 5) is 14.9. The van der Waals surface area contributed by atoms with Gasteiger partial charge in [-0.15, -0.1) is 5.10 Å². The Morgan fingerprint density at radius 3 is 2.53 bits per heavy atom. The molecule has 4 aromatic rings. The standard InChI is InChI=1S/C26H29N7O3/c1-4-35-23-15-18(11-14-22(23)36-16(2)3)24(29-19-12-9-17(10-13-19)25(27)28)26(34)31-33-21-8-6-5-7-20(21)30-32-33/h5-16,24,29H,4H2,1-3H3,(H3,27,28)(H,31,34). The quantitative estimate of drug-likeness (QED) is 0.197. The van der Waals surface area contributed by atoms with E-state index in [2.05, 4.69) is 21.1 Å².